The second-order valence-electron chi connectivity index (χ2n) is 12.8. The van der Waals surface area contributed by atoms with Crippen molar-refractivity contribution in [2.24, 2.45) is 17.8 Å². The molecular weight excluding hydrogens is 555 g/mol. The summed E-state index contributed by atoms with van der Waals surface area (Å²) in [7, 11) is 0. The number of nitrogens with one attached hydrogen (secondary N) is 1. The minimum atomic E-state index is -4.37. The third-order valence-corrected chi connectivity index (χ3v) is 9.88. The Morgan fingerprint density at radius 3 is 2.21 bits per heavy atom. The standard InChI is InChI=1S/C34H44F3N3O3/c35-34(36,37)29-13-11-25(12-14-29)20-38-31(41)19-24-15-17-39(18-16-24)21-28-22-40(23-30(28)26-7-3-1-4-8-26)32(33(42)43)27-9-5-2-6-10-27/h1,3-4,7-8,11-14,24,27-28,30,32H,2,5-6,9-10,15-23H2,(H,38,41)(H,42,43)/t28?,30-,32-/m1/s1. The van der Waals surface area contributed by atoms with Crippen LogP contribution in [0.4, 0.5) is 13.2 Å². The van der Waals surface area contributed by atoms with Gasteiger partial charge in [-0.1, -0.05) is 61.7 Å². The summed E-state index contributed by atoms with van der Waals surface area (Å²) >= 11 is 0. The fraction of sp³-hybridized carbons (Fsp3) is 0.588. The Hall–Kier alpha value is -2.91. The molecule has 2 heterocycles. The Morgan fingerprint density at radius 2 is 1.58 bits per heavy atom. The fourth-order valence-corrected chi connectivity index (χ4v) is 7.55. The summed E-state index contributed by atoms with van der Waals surface area (Å²) in [5, 5.41) is 13.1. The SMILES string of the molecule is O=C(CC1CCN(CC2CN([C@@H](C(=O)O)C3CCCCC3)C[C@@H]2c2ccccc2)CC1)NCc1ccc(C(F)(F)F)cc1. The van der Waals surface area contributed by atoms with Gasteiger partial charge in [0.15, 0.2) is 0 Å². The summed E-state index contributed by atoms with van der Waals surface area (Å²) in [5.41, 5.74) is 1.23. The number of benzene rings is 2. The molecule has 5 rings (SSSR count). The number of hydrogen-bond donors (Lipinski definition) is 2. The minimum Gasteiger partial charge on any atom is -0.480 e. The van der Waals surface area contributed by atoms with Crippen molar-refractivity contribution in [3.8, 4) is 0 Å². The number of aliphatic carboxylic acids is 1. The van der Waals surface area contributed by atoms with Crippen LogP contribution in [0.15, 0.2) is 54.6 Å². The van der Waals surface area contributed by atoms with Gasteiger partial charge >= 0.3 is 12.1 Å². The van der Waals surface area contributed by atoms with E-state index in [1.54, 1.807) is 0 Å². The topological polar surface area (TPSA) is 72.9 Å². The molecular formula is C34H44F3N3O3. The number of alkyl halides is 3. The molecule has 2 aromatic carbocycles. The molecule has 0 aromatic heterocycles. The monoisotopic (exact) mass is 599 g/mol. The molecule has 234 valence electrons. The van der Waals surface area contributed by atoms with Gasteiger partial charge in [-0.2, -0.15) is 13.2 Å². The highest BCUT2D eigenvalue weighted by molar-refractivity contribution is 5.76. The first kappa shape index (κ1) is 31.5. The zero-order valence-corrected chi connectivity index (χ0v) is 24.8. The Morgan fingerprint density at radius 1 is 0.907 bits per heavy atom. The van der Waals surface area contributed by atoms with E-state index in [-0.39, 0.29) is 24.3 Å². The highest BCUT2D eigenvalue weighted by Gasteiger charge is 2.43. The van der Waals surface area contributed by atoms with E-state index >= 15 is 0 Å². The number of amides is 1. The number of halogens is 3. The first-order valence-corrected chi connectivity index (χ1v) is 15.8. The lowest BCUT2D eigenvalue weighted by Crippen LogP contribution is -2.46. The highest BCUT2D eigenvalue weighted by atomic mass is 19.4. The van der Waals surface area contributed by atoms with Gasteiger partial charge in [0.2, 0.25) is 5.91 Å². The largest absolute Gasteiger partial charge is 0.480 e. The number of piperidine rings is 1. The van der Waals surface area contributed by atoms with Crippen molar-refractivity contribution in [2.75, 3.05) is 32.7 Å². The maximum absolute atomic E-state index is 12.8. The van der Waals surface area contributed by atoms with Gasteiger partial charge in [-0.15, -0.1) is 0 Å². The average molecular weight is 600 g/mol. The van der Waals surface area contributed by atoms with E-state index in [9.17, 15) is 27.9 Å². The van der Waals surface area contributed by atoms with Crippen LogP contribution in [0, 0.1) is 17.8 Å². The first-order chi connectivity index (χ1) is 20.7. The Bertz CT molecular complexity index is 1190. The Labute approximate surface area is 252 Å². The van der Waals surface area contributed by atoms with E-state index in [1.165, 1.54) is 24.1 Å². The highest BCUT2D eigenvalue weighted by Crippen LogP contribution is 2.39. The quantitative estimate of drug-likeness (QED) is 0.342. The van der Waals surface area contributed by atoms with Gasteiger partial charge < -0.3 is 15.3 Å². The number of rotatable bonds is 10. The number of nitrogens with zero attached hydrogens (tertiary/aromatic N) is 2. The molecule has 9 heteroatoms. The lowest BCUT2D eigenvalue weighted by atomic mass is 9.83. The molecule has 43 heavy (non-hydrogen) atoms. The fourth-order valence-electron chi connectivity index (χ4n) is 7.55. The molecule has 2 saturated heterocycles. The average Bonchev–Trinajstić information content (AvgIpc) is 3.40. The predicted octanol–water partition coefficient (Wildman–Crippen LogP) is 6.17. The van der Waals surface area contributed by atoms with Crippen LogP contribution < -0.4 is 5.32 Å². The zero-order valence-electron chi connectivity index (χ0n) is 24.8. The molecule has 2 N–H and O–H groups in total. The second kappa shape index (κ2) is 14.2. The van der Waals surface area contributed by atoms with Crippen LogP contribution in [0.25, 0.3) is 0 Å². The number of carbonyl (C=O) groups excluding carboxylic acids is 1. The van der Waals surface area contributed by atoms with Crippen LogP contribution in [-0.4, -0.2) is 65.5 Å². The van der Waals surface area contributed by atoms with E-state index in [0.717, 1.165) is 83.4 Å². The van der Waals surface area contributed by atoms with E-state index in [1.807, 2.05) is 6.07 Å². The number of carboxylic acid groups (broad SMARTS) is 1. The van der Waals surface area contributed by atoms with Crippen LogP contribution in [-0.2, 0) is 22.3 Å². The zero-order chi connectivity index (χ0) is 30.4. The summed E-state index contributed by atoms with van der Waals surface area (Å²) in [6, 6.07) is 15.0. The van der Waals surface area contributed by atoms with Gasteiger partial charge in [0.05, 0.1) is 5.56 Å². The Balaban J connectivity index is 1.13. The van der Waals surface area contributed by atoms with Gasteiger partial charge in [-0.25, -0.2) is 0 Å². The third kappa shape index (κ3) is 8.38. The van der Waals surface area contributed by atoms with Crippen LogP contribution in [0.1, 0.15) is 74.0 Å². The van der Waals surface area contributed by atoms with Crippen molar-refractivity contribution < 1.29 is 27.9 Å². The van der Waals surface area contributed by atoms with Crippen LogP contribution in [0.2, 0.25) is 0 Å². The molecule has 1 amide bonds. The van der Waals surface area contributed by atoms with Crippen LogP contribution in [0.5, 0.6) is 0 Å². The number of carboxylic acids is 1. The molecule has 1 unspecified atom stereocenters. The van der Waals surface area contributed by atoms with E-state index < -0.39 is 23.8 Å². The van der Waals surface area contributed by atoms with Crippen LogP contribution in [0.3, 0.4) is 0 Å². The molecule has 2 aliphatic heterocycles. The van der Waals surface area contributed by atoms with Crippen LogP contribution >= 0.6 is 0 Å². The summed E-state index contributed by atoms with van der Waals surface area (Å²) in [6.07, 6.45) is 3.33. The van der Waals surface area contributed by atoms with Crippen molar-refractivity contribution in [3.63, 3.8) is 0 Å². The molecule has 3 fully saturated rings. The first-order valence-electron chi connectivity index (χ1n) is 15.8. The summed E-state index contributed by atoms with van der Waals surface area (Å²) in [6.45, 7) is 4.50. The lowest BCUT2D eigenvalue weighted by Gasteiger charge is -2.35. The number of likely N-dealkylation sites (tertiary alicyclic amines) is 2. The predicted molar refractivity (Wildman–Crippen MR) is 159 cm³/mol. The third-order valence-electron chi connectivity index (χ3n) is 9.88. The van der Waals surface area contributed by atoms with Crippen molar-refractivity contribution >= 4 is 11.9 Å². The van der Waals surface area contributed by atoms with Crippen molar-refractivity contribution in [1.82, 2.24) is 15.1 Å². The molecule has 3 aliphatic rings. The van der Waals surface area contributed by atoms with Gasteiger partial charge in [0.25, 0.3) is 0 Å². The molecule has 2 aromatic rings. The summed E-state index contributed by atoms with van der Waals surface area (Å²) < 4.78 is 38.4. The normalized spacial score (nSPS) is 23.7. The molecule has 3 atom stereocenters. The van der Waals surface area contributed by atoms with Gasteiger partial charge in [-0.05, 0) is 79.8 Å². The summed E-state index contributed by atoms with van der Waals surface area (Å²) in [4.78, 5) is 29.8. The number of carbonyl (C=O) groups is 2. The lowest BCUT2D eigenvalue weighted by molar-refractivity contribution is -0.145. The molecule has 0 bridgehead atoms. The van der Waals surface area contributed by atoms with Gasteiger partial charge in [-0.3, -0.25) is 14.5 Å². The second-order valence-corrected chi connectivity index (χ2v) is 12.8. The van der Waals surface area contributed by atoms with Gasteiger partial charge in [0.1, 0.15) is 6.04 Å². The van der Waals surface area contributed by atoms with Gasteiger partial charge in [0, 0.05) is 38.5 Å². The minimum absolute atomic E-state index is 0.0728. The van der Waals surface area contributed by atoms with E-state index in [4.69, 9.17) is 0 Å². The summed E-state index contributed by atoms with van der Waals surface area (Å²) in [5.74, 6) is 0.379. The molecule has 0 radical (unpaired) electrons. The Kier molecular flexibility index (Phi) is 10.4. The molecule has 0 spiro atoms. The smallest absolute Gasteiger partial charge is 0.416 e. The maximum Gasteiger partial charge on any atom is 0.416 e. The van der Waals surface area contributed by atoms with Crippen molar-refractivity contribution in [1.29, 1.82) is 0 Å². The van der Waals surface area contributed by atoms with Crippen molar-refractivity contribution in [3.05, 3.63) is 71.3 Å². The number of hydrogen-bond acceptors (Lipinski definition) is 4. The maximum atomic E-state index is 12.8. The molecule has 1 aliphatic carbocycles. The molecule has 1 saturated carbocycles. The van der Waals surface area contributed by atoms with Crippen molar-refractivity contribution in [2.45, 2.75) is 76.0 Å². The van der Waals surface area contributed by atoms with E-state index in [2.05, 4.69) is 39.4 Å². The molecule has 6 nitrogen and oxygen atoms in total. The van der Waals surface area contributed by atoms with E-state index in [0.29, 0.717) is 23.8 Å².